The number of aryl methyl sites for hydroxylation is 1. The largest absolute Gasteiger partial charge is 0.373 e. The second kappa shape index (κ2) is 7.55. The number of ether oxygens (including phenoxy) is 1. The standard InChI is InChI=1S/C19H27N5O3S/c1-14-12-24(13-15(2)27-14)28(25,26)23-10-8-22(9-11-23)19-18-7-5-4-6-17(18)16(3)20-21-19/h4-7,14-15H,8-13H2,1-3H3/t14-,15-/m0/s1. The van der Waals surface area contributed by atoms with Gasteiger partial charge in [0.2, 0.25) is 0 Å². The molecule has 2 aliphatic heterocycles. The van der Waals surface area contributed by atoms with Crippen LogP contribution in [0.5, 0.6) is 0 Å². The van der Waals surface area contributed by atoms with Crippen LogP contribution in [0.2, 0.25) is 0 Å². The van der Waals surface area contributed by atoms with E-state index in [9.17, 15) is 8.42 Å². The summed E-state index contributed by atoms with van der Waals surface area (Å²) in [6, 6.07) is 8.08. The molecular weight excluding hydrogens is 378 g/mol. The van der Waals surface area contributed by atoms with Crippen molar-refractivity contribution in [2.45, 2.75) is 33.0 Å². The predicted octanol–water partition coefficient (Wildman–Crippen LogP) is 1.41. The Bertz CT molecular complexity index is 949. The summed E-state index contributed by atoms with van der Waals surface area (Å²) in [5.41, 5.74) is 0.899. The lowest BCUT2D eigenvalue weighted by molar-refractivity contribution is -0.0455. The molecule has 0 radical (unpaired) electrons. The minimum Gasteiger partial charge on any atom is -0.373 e. The molecule has 3 heterocycles. The van der Waals surface area contributed by atoms with Crippen molar-refractivity contribution in [1.29, 1.82) is 0 Å². The first-order valence-corrected chi connectivity index (χ1v) is 11.1. The second-order valence-electron chi connectivity index (χ2n) is 7.62. The van der Waals surface area contributed by atoms with Gasteiger partial charge in [-0.3, -0.25) is 0 Å². The lowest BCUT2D eigenvalue weighted by Gasteiger charge is -2.40. The topological polar surface area (TPSA) is 78.9 Å². The van der Waals surface area contributed by atoms with Crippen molar-refractivity contribution >= 4 is 26.8 Å². The van der Waals surface area contributed by atoms with E-state index in [0.29, 0.717) is 39.3 Å². The van der Waals surface area contributed by atoms with Crippen molar-refractivity contribution in [3.05, 3.63) is 30.0 Å². The quantitative estimate of drug-likeness (QED) is 0.768. The molecule has 0 amide bonds. The fourth-order valence-electron chi connectivity index (χ4n) is 4.07. The van der Waals surface area contributed by atoms with Crippen LogP contribution in [-0.4, -0.2) is 78.7 Å². The SMILES string of the molecule is Cc1nnc(N2CCN(S(=O)(=O)N3C[C@H](C)O[C@@H](C)C3)CC2)c2ccccc12. The van der Waals surface area contributed by atoms with Gasteiger partial charge < -0.3 is 9.64 Å². The first-order chi connectivity index (χ1) is 13.4. The average molecular weight is 406 g/mol. The number of aromatic nitrogens is 2. The van der Waals surface area contributed by atoms with E-state index >= 15 is 0 Å². The molecule has 8 nitrogen and oxygen atoms in total. The van der Waals surface area contributed by atoms with E-state index in [1.165, 1.54) is 0 Å². The Morgan fingerprint density at radius 1 is 0.929 bits per heavy atom. The van der Waals surface area contributed by atoms with Gasteiger partial charge >= 0.3 is 0 Å². The van der Waals surface area contributed by atoms with E-state index in [-0.39, 0.29) is 12.2 Å². The summed E-state index contributed by atoms with van der Waals surface area (Å²) in [4.78, 5) is 2.13. The van der Waals surface area contributed by atoms with Crippen LogP contribution in [-0.2, 0) is 14.9 Å². The molecule has 0 unspecified atom stereocenters. The van der Waals surface area contributed by atoms with Crippen LogP contribution in [0, 0.1) is 6.92 Å². The van der Waals surface area contributed by atoms with E-state index in [2.05, 4.69) is 15.1 Å². The molecule has 2 fully saturated rings. The Morgan fingerprint density at radius 2 is 1.54 bits per heavy atom. The van der Waals surface area contributed by atoms with Crippen LogP contribution in [0.4, 0.5) is 5.82 Å². The summed E-state index contributed by atoms with van der Waals surface area (Å²) in [6.45, 7) is 8.65. The van der Waals surface area contributed by atoms with Gasteiger partial charge in [-0.15, -0.1) is 5.10 Å². The molecule has 2 atom stereocenters. The molecule has 2 aliphatic rings. The van der Waals surface area contributed by atoms with Crippen molar-refractivity contribution < 1.29 is 13.2 Å². The van der Waals surface area contributed by atoms with Crippen molar-refractivity contribution in [3.8, 4) is 0 Å². The van der Waals surface area contributed by atoms with Gasteiger partial charge in [0.05, 0.1) is 17.9 Å². The van der Waals surface area contributed by atoms with Crippen molar-refractivity contribution in [1.82, 2.24) is 18.8 Å². The Balaban J connectivity index is 1.50. The molecule has 1 aromatic carbocycles. The van der Waals surface area contributed by atoms with Gasteiger partial charge in [-0.2, -0.15) is 22.1 Å². The number of rotatable bonds is 3. The number of hydrogen-bond donors (Lipinski definition) is 0. The molecule has 0 saturated carbocycles. The third kappa shape index (κ3) is 3.59. The molecule has 0 N–H and O–H groups in total. The summed E-state index contributed by atoms with van der Waals surface area (Å²) in [5, 5.41) is 10.8. The van der Waals surface area contributed by atoms with Crippen LogP contribution >= 0.6 is 0 Å². The summed E-state index contributed by atoms with van der Waals surface area (Å²) in [5.74, 6) is 0.826. The summed E-state index contributed by atoms with van der Waals surface area (Å²) >= 11 is 0. The van der Waals surface area contributed by atoms with E-state index < -0.39 is 10.2 Å². The molecule has 2 saturated heterocycles. The minimum atomic E-state index is -3.48. The van der Waals surface area contributed by atoms with Gasteiger partial charge in [0.15, 0.2) is 5.82 Å². The highest BCUT2D eigenvalue weighted by atomic mass is 32.2. The fourth-order valence-corrected chi connectivity index (χ4v) is 5.82. The molecule has 0 bridgehead atoms. The Hall–Kier alpha value is -1.81. The minimum absolute atomic E-state index is 0.0889. The average Bonchev–Trinajstić information content (AvgIpc) is 2.68. The van der Waals surface area contributed by atoms with Crippen LogP contribution < -0.4 is 4.90 Å². The fraction of sp³-hybridized carbons (Fsp3) is 0.579. The molecule has 1 aromatic heterocycles. The Morgan fingerprint density at radius 3 is 2.18 bits per heavy atom. The van der Waals surface area contributed by atoms with Gasteiger partial charge in [0, 0.05) is 50.0 Å². The number of hydrogen-bond acceptors (Lipinski definition) is 6. The number of piperazine rings is 1. The predicted molar refractivity (Wildman–Crippen MR) is 109 cm³/mol. The van der Waals surface area contributed by atoms with Gasteiger partial charge in [-0.25, -0.2) is 0 Å². The number of nitrogens with zero attached hydrogens (tertiary/aromatic N) is 5. The third-order valence-electron chi connectivity index (χ3n) is 5.43. The summed E-state index contributed by atoms with van der Waals surface area (Å²) in [7, 11) is -3.48. The summed E-state index contributed by atoms with van der Waals surface area (Å²) in [6.07, 6.45) is -0.178. The lowest BCUT2D eigenvalue weighted by atomic mass is 10.1. The molecular formula is C19H27N5O3S. The maximum absolute atomic E-state index is 13.1. The maximum Gasteiger partial charge on any atom is 0.282 e. The first-order valence-electron chi connectivity index (χ1n) is 9.74. The zero-order valence-corrected chi connectivity index (χ0v) is 17.4. The van der Waals surface area contributed by atoms with Gasteiger partial charge in [0.25, 0.3) is 10.2 Å². The Labute approximate surface area is 166 Å². The first kappa shape index (κ1) is 19.5. The smallest absolute Gasteiger partial charge is 0.282 e. The molecule has 4 rings (SSSR count). The third-order valence-corrected chi connectivity index (χ3v) is 7.40. The molecule has 152 valence electrons. The monoisotopic (exact) mass is 405 g/mol. The second-order valence-corrected chi connectivity index (χ2v) is 9.55. The molecule has 28 heavy (non-hydrogen) atoms. The normalized spacial score (nSPS) is 25.3. The lowest BCUT2D eigenvalue weighted by Crippen LogP contribution is -2.57. The highest BCUT2D eigenvalue weighted by Crippen LogP contribution is 2.27. The van der Waals surface area contributed by atoms with Gasteiger partial charge in [0.1, 0.15) is 0 Å². The molecule has 0 spiro atoms. The van der Waals surface area contributed by atoms with Crippen molar-refractivity contribution in [2.75, 3.05) is 44.2 Å². The number of benzene rings is 1. The Kier molecular flexibility index (Phi) is 5.26. The number of fused-ring (bicyclic) bond motifs is 1. The van der Waals surface area contributed by atoms with Crippen molar-refractivity contribution in [3.63, 3.8) is 0 Å². The molecule has 2 aromatic rings. The zero-order valence-electron chi connectivity index (χ0n) is 16.6. The van der Waals surface area contributed by atoms with Crippen LogP contribution in [0.25, 0.3) is 10.8 Å². The highest BCUT2D eigenvalue weighted by molar-refractivity contribution is 7.86. The van der Waals surface area contributed by atoms with Crippen molar-refractivity contribution in [2.24, 2.45) is 0 Å². The van der Waals surface area contributed by atoms with Crippen LogP contribution in [0.15, 0.2) is 24.3 Å². The maximum atomic E-state index is 13.1. The van der Waals surface area contributed by atoms with Gasteiger partial charge in [-0.1, -0.05) is 24.3 Å². The van der Waals surface area contributed by atoms with E-state index in [4.69, 9.17) is 4.74 Å². The van der Waals surface area contributed by atoms with E-state index in [1.807, 2.05) is 45.0 Å². The van der Waals surface area contributed by atoms with Gasteiger partial charge in [-0.05, 0) is 20.8 Å². The summed E-state index contributed by atoms with van der Waals surface area (Å²) < 4.78 is 35.0. The van der Waals surface area contributed by atoms with E-state index in [0.717, 1.165) is 22.3 Å². The molecule has 9 heteroatoms. The van der Waals surface area contributed by atoms with Crippen LogP contribution in [0.3, 0.4) is 0 Å². The zero-order chi connectivity index (χ0) is 19.9. The number of anilines is 1. The highest BCUT2D eigenvalue weighted by Gasteiger charge is 2.37. The van der Waals surface area contributed by atoms with E-state index in [1.54, 1.807) is 8.61 Å². The number of morpholine rings is 1. The molecule has 0 aliphatic carbocycles. The van der Waals surface area contributed by atoms with Crippen LogP contribution in [0.1, 0.15) is 19.5 Å².